The fourth-order valence-corrected chi connectivity index (χ4v) is 3.64. The van der Waals surface area contributed by atoms with Crippen LogP contribution in [0.5, 0.6) is 0 Å². The summed E-state index contributed by atoms with van der Waals surface area (Å²) in [7, 11) is 0. The van der Waals surface area contributed by atoms with Gasteiger partial charge in [-0.25, -0.2) is 0 Å². The number of rotatable bonds is 1. The van der Waals surface area contributed by atoms with Crippen LogP contribution in [0.2, 0.25) is 5.02 Å². The summed E-state index contributed by atoms with van der Waals surface area (Å²) in [5.74, 6) is 0. The molecular weight excluding hydrogens is 316 g/mol. The number of fused-ring (bicyclic) bond motifs is 1. The molecule has 1 aromatic carbocycles. The van der Waals surface area contributed by atoms with E-state index in [1.54, 1.807) is 11.8 Å². The Morgan fingerprint density at radius 2 is 1.83 bits per heavy atom. The van der Waals surface area contributed by atoms with Crippen LogP contribution in [-0.2, 0) is 6.42 Å². The van der Waals surface area contributed by atoms with E-state index in [0.717, 1.165) is 50.2 Å². The first-order valence-electron chi connectivity index (χ1n) is 9.04. The number of nitrogens with one attached hydrogen (secondary N) is 1. The van der Waals surface area contributed by atoms with Crippen LogP contribution in [0.1, 0.15) is 50.7 Å². The van der Waals surface area contributed by atoms with Crippen molar-refractivity contribution in [2.45, 2.75) is 46.0 Å². The Morgan fingerprint density at radius 3 is 2.54 bits per heavy atom. The first-order valence-corrected chi connectivity index (χ1v) is 9.42. The average Bonchev–Trinajstić information content (AvgIpc) is 2.81. The molecule has 0 saturated carbocycles. The molecule has 3 N–H and O–H groups in total. The van der Waals surface area contributed by atoms with Crippen molar-refractivity contribution < 1.29 is 0 Å². The number of halogens is 1. The van der Waals surface area contributed by atoms with E-state index in [1.807, 2.05) is 26.0 Å². The minimum atomic E-state index is 0.836. The molecule has 2 aliphatic rings. The van der Waals surface area contributed by atoms with Gasteiger partial charge in [0.05, 0.1) is 0 Å². The van der Waals surface area contributed by atoms with Gasteiger partial charge in [0.25, 0.3) is 0 Å². The van der Waals surface area contributed by atoms with Crippen LogP contribution < -0.4 is 11.1 Å². The molecule has 1 saturated heterocycles. The third-order valence-electron chi connectivity index (χ3n) is 4.59. The van der Waals surface area contributed by atoms with Crippen molar-refractivity contribution in [3.8, 4) is 0 Å². The lowest BCUT2D eigenvalue weighted by atomic mass is 9.89. The summed E-state index contributed by atoms with van der Waals surface area (Å²) in [5, 5.41) is 4.29. The molecule has 1 aromatic rings. The molecule has 24 heavy (non-hydrogen) atoms. The number of nitrogens with two attached hydrogens (primary N) is 1. The Bertz CT molecular complexity index is 633. The molecule has 0 radical (unpaired) electrons. The highest BCUT2D eigenvalue weighted by atomic mass is 35.5. The summed E-state index contributed by atoms with van der Waals surface area (Å²) in [5.41, 5.74) is 12.9. The highest BCUT2D eigenvalue weighted by Crippen LogP contribution is 2.37. The lowest BCUT2D eigenvalue weighted by Gasteiger charge is -2.21. The van der Waals surface area contributed by atoms with Gasteiger partial charge >= 0.3 is 0 Å². The van der Waals surface area contributed by atoms with Crippen LogP contribution in [-0.4, -0.2) is 13.1 Å². The highest BCUT2D eigenvalue weighted by molar-refractivity contribution is 6.30. The number of allylic oxidation sites excluding steroid dienone is 4. The maximum atomic E-state index is 6.22. The van der Waals surface area contributed by atoms with Crippen LogP contribution in [0.3, 0.4) is 0 Å². The molecule has 130 valence electrons. The van der Waals surface area contributed by atoms with Crippen molar-refractivity contribution in [2.24, 2.45) is 5.73 Å². The molecular formula is C21H29ClN2. The lowest BCUT2D eigenvalue weighted by molar-refractivity contribution is 0.610. The van der Waals surface area contributed by atoms with Gasteiger partial charge in [-0.05, 0) is 86.3 Å². The van der Waals surface area contributed by atoms with Crippen molar-refractivity contribution >= 4 is 17.2 Å². The van der Waals surface area contributed by atoms with E-state index in [-0.39, 0.29) is 0 Å². The summed E-state index contributed by atoms with van der Waals surface area (Å²) in [6.07, 6.45) is 11.2. The van der Waals surface area contributed by atoms with Crippen LogP contribution in [0.15, 0.2) is 47.7 Å². The predicted molar refractivity (Wildman–Crippen MR) is 106 cm³/mol. The second kappa shape index (κ2) is 9.71. The van der Waals surface area contributed by atoms with Crippen LogP contribution in [0.4, 0.5) is 0 Å². The van der Waals surface area contributed by atoms with E-state index in [2.05, 4.69) is 23.5 Å². The van der Waals surface area contributed by atoms with E-state index in [4.69, 9.17) is 17.3 Å². The van der Waals surface area contributed by atoms with Gasteiger partial charge in [0, 0.05) is 5.02 Å². The third kappa shape index (κ3) is 4.75. The molecule has 3 heteroatoms. The zero-order chi connectivity index (χ0) is 17.4. The molecule has 1 aliphatic carbocycles. The van der Waals surface area contributed by atoms with Gasteiger partial charge in [-0.1, -0.05) is 48.7 Å². The normalized spacial score (nSPS) is 19.7. The maximum absolute atomic E-state index is 6.22. The molecule has 1 aliphatic heterocycles. The molecule has 3 rings (SSSR count). The van der Waals surface area contributed by atoms with E-state index in [1.165, 1.54) is 22.3 Å². The monoisotopic (exact) mass is 344 g/mol. The van der Waals surface area contributed by atoms with Crippen LogP contribution in [0.25, 0.3) is 5.57 Å². The van der Waals surface area contributed by atoms with Crippen LogP contribution >= 0.6 is 11.6 Å². The Balaban J connectivity index is 0.00000100. The van der Waals surface area contributed by atoms with E-state index < -0.39 is 0 Å². The molecule has 0 bridgehead atoms. The van der Waals surface area contributed by atoms with Gasteiger partial charge in [-0.2, -0.15) is 0 Å². The molecule has 2 nitrogen and oxygen atoms in total. The predicted octanol–water partition coefficient (Wildman–Crippen LogP) is 5.24. The third-order valence-corrected chi connectivity index (χ3v) is 4.82. The van der Waals surface area contributed by atoms with Gasteiger partial charge in [-0.3, -0.25) is 0 Å². The largest absolute Gasteiger partial charge is 0.405 e. The first kappa shape index (κ1) is 18.8. The fraction of sp³-hybridized carbons (Fsp3) is 0.429. The Hall–Kier alpha value is -1.51. The highest BCUT2D eigenvalue weighted by Gasteiger charge is 2.20. The number of hydrogen-bond acceptors (Lipinski definition) is 2. The zero-order valence-electron chi connectivity index (χ0n) is 14.9. The van der Waals surface area contributed by atoms with Crippen molar-refractivity contribution in [1.29, 1.82) is 0 Å². The van der Waals surface area contributed by atoms with Gasteiger partial charge in [0.2, 0.25) is 0 Å². The van der Waals surface area contributed by atoms with Gasteiger partial charge in [0.15, 0.2) is 0 Å². The Labute approximate surface area is 151 Å². The zero-order valence-corrected chi connectivity index (χ0v) is 15.6. The van der Waals surface area contributed by atoms with E-state index >= 15 is 0 Å². The second-order valence-electron chi connectivity index (χ2n) is 6.02. The van der Waals surface area contributed by atoms with Crippen molar-refractivity contribution in [3.63, 3.8) is 0 Å². The number of piperidine rings is 1. The topological polar surface area (TPSA) is 38.0 Å². The molecule has 0 spiro atoms. The molecule has 1 fully saturated rings. The average molecular weight is 345 g/mol. The number of aryl methyl sites for hydroxylation is 1. The number of hydrogen-bond donors (Lipinski definition) is 2. The van der Waals surface area contributed by atoms with E-state index in [9.17, 15) is 0 Å². The summed E-state index contributed by atoms with van der Waals surface area (Å²) < 4.78 is 0. The van der Waals surface area contributed by atoms with Gasteiger partial charge in [0.1, 0.15) is 0 Å². The quantitative estimate of drug-likeness (QED) is 0.684. The number of benzene rings is 1. The molecule has 0 unspecified atom stereocenters. The van der Waals surface area contributed by atoms with Gasteiger partial charge in [-0.15, -0.1) is 0 Å². The van der Waals surface area contributed by atoms with Crippen LogP contribution in [0, 0.1) is 0 Å². The minimum Gasteiger partial charge on any atom is -0.405 e. The van der Waals surface area contributed by atoms with Crippen molar-refractivity contribution in [3.05, 3.63) is 63.8 Å². The molecule has 0 atom stereocenters. The first-order chi connectivity index (χ1) is 11.8. The summed E-state index contributed by atoms with van der Waals surface area (Å²) >= 11 is 6.22. The fourth-order valence-electron chi connectivity index (χ4n) is 3.45. The second-order valence-corrected chi connectivity index (χ2v) is 6.46. The van der Waals surface area contributed by atoms with E-state index in [0.29, 0.717) is 0 Å². The Kier molecular flexibility index (Phi) is 7.61. The summed E-state index contributed by atoms with van der Waals surface area (Å²) in [6.45, 7) is 6.17. The van der Waals surface area contributed by atoms with Crippen molar-refractivity contribution in [2.75, 3.05) is 13.1 Å². The Morgan fingerprint density at radius 1 is 1.08 bits per heavy atom. The smallest absolute Gasteiger partial charge is 0.0409 e. The molecule has 1 heterocycles. The van der Waals surface area contributed by atoms with Gasteiger partial charge < -0.3 is 11.1 Å². The van der Waals surface area contributed by atoms with Crippen molar-refractivity contribution in [1.82, 2.24) is 5.32 Å². The maximum Gasteiger partial charge on any atom is 0.0409 e. The molecule has 0 amide bonds. The minimum absolute atomic E-state index is 0.836. The summed E-state index contributed by atoms with van der Waals surface area (Å²) in [4.78, 5) is 0. The standard InChI is InChI=1S/C19H23ClN2.C2H6/c20-17-5-6-18-16(13-17)4-3-14(2-1-9-21)12-19(18)15-7-10-22-11-8-15;1-2/h1-2,5-6,9,13,22H,3-4,7-8,10-12,21H2;1-2H3/b9-1-,14-2-;. The lowest BCUT2D eigenvalue weighted by Crippen LogP contribution is -2.23. The molecule has 0 aromatic heterocycles. The SMILES string of the molecule is CC.N/C=C\C=C1\CCc2cc(Cl)ccc2C(=C2CCNCC2)C1. The summed E-state index contributed by atoms with van der Waals surface area (Å²) in [6, 6.07) is 6.38.